The van der Waals surface area contributed by atoms with Gasteiger partial charge in [-0.05, 0) is 60.0 Å². The van der Waals surface area contributed by atoms with Crippen molar-refractivity contribution in [2.75, 3.05) is 5.32 Å². The lowest BCUT2D eigenvalue weighted by atomic mass is 9.96. The molecule has 4 nitrogen and oxygen atoms in total. The van der Waals surface area contributed by atoms with Crippen LogP contribution in [0.15, 0.2) is 42.5 Å². The Morgan fingerprint density at radius 3 is 2.14 bits per heavy atom. The largest absolute Gasteiger partial charge is 0.419 e. The Kier molecular flexibility index (Phi) is 9.40. The predicted molar refractivity (Wildman–Crippen MR) is 146 cm³/mol. The molecule has 3 aromatic carbocycles. The highest BCUT2D eigenvalue weighted by molar-refractivity contribution is 6.53. The molecule has 0 spiro atoms. The molecule has 2 atom stereocenters. The van der Waals surface area contributed by atoms with Crippen LogP contribution >= 0.6 is 34.8 Å². The van der Waals surface area contributed by atoms with Gasteiger partial charge < -0.3 is 5.32 Å². The van der Waals surface area contributed by atoms with Crippen LogP contribution < -0.4 is 5.32 Å². The minimum atomic E-state index is -5.01. The Morgan fingerprint density at radius 1 is 0.932 bits per heavy atom. The average Bonchev–Trinajstić information content (AvgIpc) is 3.52. The lowest BCUT2D eigenvalue weighted by Gasteiger charge is -2.13. The lowest BCUT2D eigenvalue weighted by Crippen LogP contribution is -2.18. The number of rotatable bonds is 9. The molecule has 15 heteroatoms. The van der Waals surface area contributed by atoms with Crippen molar-refractivity contribution in [3.63, 3.8) is 0 Å². The smallest absolute Gasteiger partial charge is 0.326 e. The first-order chi connectivity index (χ1) is 20.3. The first-order valence-electron chi connectivity index (χ1n) is 12.5. The fraction of sp³-hybridized carbons (Fsp3) is 0.276. The van der Waals surface area contributed by atoms with Crippen LogP contribution in [-0.2, 0) is 28.6 Å². The van der Waals surface area contributed by atoms with Crippen LogP contribution in [0.2, 0.25) is 5.02 Å². The summed E-state index contributed by atoms with van der Waals surface area (Å²) in [5.41, 5.74) is -3.49. The summed E-state index contributed by atoms with van der Waals surface area (Å²) < 4.78 is 106. The third-order valence-corrected chi connectivity index (χ3v) is 8.33. The number of alkyl halides is 7. The predicted octanol–water partition coefficient (Wildman–Crippen LogP) is 8.41. The Morgan fingerprint density at radius 2 is 1.55 bits per heavy atom. The van der Waals surface area contributed by atoms with Crippen LogP contribution in [0, 0.1) is 30.3 Å². The molecule has 1 aliphatic carbocycles. The zero-order chi connectivity index (χ0) is 32.9. The molecule has 1 N–H and O–H groups in total. The number of benzene rings is 3. The molecule has 0 saturated heterocycles. The number of carbonyl (C=O) groups is 3. The number of amides is 1. The number of nitrogens with one attached hydrogen (secondary N) is 1. The summed E-state index contributed by atoms with van der Waals surface area (Å²) in [4.78, 5) is 37.5. The maximum atomic E-state index is 14.8. The maximum Gasteiger partial charge on any atom is 0.419 e. The van der Waals surface area contributed by atoms with Gasteiger partial charge in [-0.25, -0.2) is 22.0 Å². The van der Waals surface area contributed by atoms with Crippen LogP contribution in [0.25, 0.3) is 0 Å². The normalized spacial score (nSPS) is 17.5. The standard InChI is InChI=1S/C29H18Cl3F8NO3/c1-11-24(34)13(6-14(25(11)35)9-21(43)26(36)37)8-20(42)16-10-15(3-4-18(16)30)41-27(44)23-22(28(23,31)32)12-2-5-19(33)17(7-12)29(38,39)40/h2-7,10,22-23,26H,8-9H2,1H3,(H,41,44)/t22-,23+/m0/s1. The average molecular weight is 687 g/mol. The second kappa shape index (κ2) is 12.3. The Hall–Kier alpha value is -3.22. The molecule has 1 amide bonds. The van der Waals surface area contributed by atoms with Gasteiger partial charge in [-0.15, -0.1) is 23.2 Å². The fourth-order valence-electron chi connectivity index (χ4n) is 4.76. The summed E-state index contributed by atoms with van der Waals surface area (Å²) in [6.45, 7) is 1.01. The molecule has 0 radical (unpaired) electrons. The Bertz CT molecular complexity index is 1680. The Balaban J connectivity index is 1.55. The molecule has 1 fully saturated rings. The number of hydrogen-bond donors (Lipinski definition) is 1. The van der Waals surface area contributed by atoms with E-state index in [2.05, 4.69) is 5.32 Å². The van der Waals surface area contributed by atoms with E-state index < -0.39 is 98.8 Å². The third kappa shape index (κ3) is 6.72. The number of carbonyl (C=O) groups excluding carboxylic acids is 3. The first kappa shape index (κ1) is 33.7. The van der Waals surface area contributed by atoms with Crippen molar-refractivity contribution in [1.29, 1.82) is 0 Å². The maximum absolute atomic E-state index is 14.8. The van der Waals surface area contributed by atoms with E-state index in [0.29, 0.717) is 12.1 Å². The molecule has 0 unspecified atom stereocenters. The topological polar surface area (TPSA) is 63.2 Å². The highest BCUT2D eigenvalue weighted by Crippen LogP contribution is 2.65. The molecule has 3 aromatic rings. The summed E-state index contributed by atoms with van der Waals surface area (Å²) in [6.07, 6.45) is -10.2. The van der Waals surface area contributed by atoms with Crippen molar-refractivity contribution in [1.82, 2.24) is 0 Å². The second-order valence-electron chi connectivity index (χ2n) is 10.0. The van der Waals surface area contributed by atoms with Gasteiger partial charge in [0.15, 0.2) is 5.78 Å². The van der Waals surface area contributed by atoms with Crippen molar-refractivity contribution in [2.45, 2.75) is 42.6 Å². The third-order valence-electron chi connectivity index (χ3n) is 7.06. The van der Waals surface area contributed by atoms with Gasteiger partial charge in [0.25, 0.3) is 6.43 Å². The van der Waals surface area contributed by atoms with Crippen LogP contribution in [0.1, 0.15) is 44.1 Å². The highest BCUT2D eigenvalue weighted by atomic mass is 35.5. The number of halogens is 11. The SMILES string of the molecule is Cc1c(F)c(CC(=O)c2cc(NC(=O)[C@H]3[C@H](c4ccc(F)c(C(F)(F)F)c4)C3(Cl)Cl)ccc2Cl)cc(CC(=O)C(F)F)c1F. The summed E-state index contributed by atoms with van der Waals surface area (Å²) in [5.74, 6) is -9.58. The van der Waals surface area contributed by atoms with Crippen molar-refractivity contribution in [2.24, 2.45) is 5.92 Å². The molecule has 44 heavy (non-hydrogen) atoms. The van der Waals surface area contributed by atoms with E-state index in [1.54, 1.807) is 0 Å². The highest BCUT2D eigenvalue weighted by Gasteiger charge is 2.67. The molecule has 1 aliphatic rings. The zero-order valence-electron chi connectivity index (χ0n) is 22.1. The van der Waals surface area contributed by atoms with Crippen LogP contribution in [-0.4, -0.2) is 28.2 Å². The second-order valence-corrected chi connectivity index (χ2v) is 11.9. The van der Waals surface area contributed by atoms with Crippen molar-refractivity contribution >= 4 is 58.0 Å². The van der Waals surface area contributed by atoms with Gasteiger partial charge in [0.1, 0.15) is 21.8 Å². The van der Waals surface area contributed by atoms with Crippen molar-refractivity contribution in [3.05, 3.63) is 98.3 Å². The quantitative estimate of drug-likeness (QED) is 0.140. The molecule has 4 rings (SSSR count). The van der Waals surface area contributed by atoms with E-state index in [9.17, 15) is 49.5 Å². The number of Topliss-reactive ketones (excluding diaryl/α,β-unsaturated/α-hetero) is 2. The zero-order valence-corrected chi connectivity index (χ0v) is 24.3. The van der Waals surface area contributed by atoms with E-state index in [1.165, 1.54) is 12.1 Å². The Labute approximate surface area is 259 Å². The van der Waals surface area contributed by atoms with Gasteiger partial charge in [-0.2, -0.15) is 13.2 Å². The molecular formula is C29H18Cl3F8NO3. The molecular weight excluding hydrogens is 669 g/mol. The van der Waals surface area contributed by atoms with Crippen molar-refractivity contribution < 1.29 is 49.5 Å². The summed E-state index contributed by atoms with van der Waals surface area (Å²) in [7, 11) is 0. The molecule has 1 saturated carbocycles. The molecule has 234 valence electrons. The minimum absolute atomic E-state index is 0.0356. The molecule has 0 aliphatic heterocycles. The molecule has 0 bridgehead atoms. The van der Waals surface area contributed by atoms with Gasteiger partial charge in [0.05, 0.1) is 16.5 Å². The summed E-state index contributed by atoms with van der Waals surface area (Å²) in [5, 5.41) is 2.28. The summed E-state index contributed by atoms with van der Waals surface area (Å²) in [6, 6.07) is 6.50. The monoisotopic (exact) mass is 685 g/mol. The number of ketones is 2. The number of hydrogen-bond acceptors (Lipinski definition) is 3. The van der Waals surface area contributed by atoms with E-state index in [4.69, 9.17) is 34.8 Å². The summed E-state index contributed by atoms with van der Waals surface area (Å²) >= 11 is 18.5. The fourth-order valence-corrected chi connectivity index (χ4v) is 5.81. The van der Waals surface area contributed by atoms with Gasteiger partial charge in [-0.3, -0.25) is 14.4 Å². The van der Waals surface area contributed by atoms with Crippen LogP contribution in [0.3, 0.4) is 0 Å². The van der Waals surface area contributed by atoms with E-state index in [1.807, 2.05) is 0 Å². The molecule has 0 aromatic heterocycles. The van der Waals surface area contributed by atoms with Gasteiger partial charge in [0, 0.05) is 35.6 Å². The van der Waals surface area contributed by atoms with E-state index in [-0.39, 0.29) is 21.8 Å². The number of anilines is 1. The van der Waals surface area contributed by atoms with E-state index in [0.717, 1.165) is 25.1 Å². The minimum Gasteiger partial charge on any atom is -0.326 e. The van der Waals surface area contributed by atoms with Crippen LogP contribution in [0.4, 0.5) is 40.8 Å². The van der Waals surface area contributed by atoms with Crippen molar-refractivity contribution in [3.8, 4) is 0 Å². The van der Waals surface area contributed by atoms with Gasteiger partial charge in [-0.1, -0.05) is 17.7 Å². The van der Waals surface area contributed by atoms with Gasteiger partial charge in [0.2, 0.25) is 11.7 Å². The molecule has 0 heterocycles. The van der Waals surface area contributed by atoms with Gasteiger partial charge >= 0.3 is 6.18 Å². The van der Waals surface area contributed by atoms with E-state index >= 15 is 0 Å². The first-order valence-corrected chi connectivity index (χ1v) is 13.6. The lowest BCUT2D eigenvalue weighted by molar-refractivity contribution is -0.140. The van der Waals surface area contributed by atoms with Crippen LogP contribution in [0.5, 0.6) is 0 Å².